The molecule has 0 bridgehead atoms. The number of rotatable bonds is 3. The number of aliphatic carboxylic acids is 1. The Bertz CT molecular complexity index is 855. The van der Waals surface area contributed by atoms with Crippen LogP contribution < -0.4 is 9.64 Å². The molecule has 24 heavy (non-hydrogen) atoms. The van der Waals surface area contributed by atoms with Crippen molar-refractivity contribution in [1.82, 2.24) is 0 Å². The molecule has 4 nitrogen and oxygen atoms in total. The molecule has 2 unspecified atom stereocenters. The Hall–Kier alpha value is -3.01. The number of hydrogen-bond acceptors (Lipinski definition) is 3. The van der Waals surface area contributed by atoms with Crippen molar-refractivity contribution < 1.29 is 14.6 Å². The smallest absolute Gasteiger partial charge is 0.351 e. The highest BCUT2D eigenvalue weighted by atomic mass is 16.5. The Morgan fingerprint density at radius 3 is 2.75 bits per heavy atom. The Morgan fingerprint density at radius 1 is 1.17 bits per heavy atom. The number of carboxylic acid groups (broad SMARTS) is 1. The first kappa shape index (κ1) is 14.6. The quantitative estimate of drug-likeness (QED) is 0.880. The van der Waals surface area contributed by atoms with Crippen molar-refractivity contribution >= 4 is 17.7 Å². The van der Waals surface area contributed by atoms with E-state index in [-0.39, 0.29) is 17.8 Å². The molecule has 0 aliphatic carbocycles. The van der Waals surface area contributed by atoms with Crippen LogP contribution in [-0.4, -0.2) is 23.2 Å². The van der Waals surface area contributed by atoms with E-state index < -0.39 is 5.97 Å². The molecule has 2 aromatic carbocycles. The number of benzene rings is 2. The van der Waals surface area contributed by atoms with E-state index in [4.69, 9.17) is 4.74 Å². The van der Waals surface area contributed by atoms with Gasteiger partial charge >= 0.3 is 5.97 Å². The zero-order valence-electron chi connectivity index (χ0n) is 13.1. The van der Waals surface area contributed by atoms with Gasteiger partial charge in [0.15, 0.2) is 0 Å². The lowest BCUT2D eigenvalue weighted by molar-refractivity contribution is -0.132. The van der Waals surface area contributed by atoms with Gasteiger partial charge < -0.3 is 14.7 Å². The van der Waals surface area contributed by atoms with E-state index >= 15 is 0 Å². The van der Waals surface area contributed by atoms with Crippen LogP contribution in [0.4, 0.5) is 5.69 Å². The van der Waals surface area contributed by atoms with Gasteiger partial charge in [-0.2, -0.15) is 0 Å². The third-order valence-corrected chi connectivity index (χ3v) is 4.58. The fourth-order valence-electron chi connectivity index (χ4n) is 3.44. The second kappa shape index (κ2) is 5.57. The van der Waals surface area contributed by atoms with Crippen LogP contribution in [0.25, 0.3) is 6.08 Å². The molecule has 0 aromatic heterocycles. The molecule has 2 aliphatic heterocycles. The molecule has 2 heterocycles. The van der Waals surface area contributed by atoms with Gasteiger partial charge in [-0.25, -0.2) is 4.79 Å². The fraction of sp³-hybridized carbons (Fsp3) is 0.150. The molecule has 120 valence electrons. The van der Waals surface area contributed by atoms with Crippen molar-refractivity contribution in [2.75, 3.05) is 4.90 Å². The Kier molecular flexibility index (Phi) is 3.38. The summed E-state index contributed by atoms with van der Waals surface area (Å²) < 4.78 is 6.14. The SMILES string of the molecule is C=C(C(=O)O)N1c2ccccc2CC1C1C=Cc2ccccc2O1. The van der Waals surface area contributed by atoms with Crippen LogP contribution in [0.2, 0.25) is 0 Å². The number of nitrogens with zero attached hydrogens (tertiary/aromatic N) is 1. The highest BCUT2D eigenvalue weighted by Gasteiger charge is 2.39. The second-order valence-electron chi connectivity index (χ2n) is 6.00. The molecule has 2 aromatic rings. The first-order valence-corrected chi connectivity index (χ1v) is 7.88. The molecule has 4 heteroatoms. The number of anilines is 1. The third-order valence-electron chi connectivity index (χ3n) is 4.58. The number of fused-ring (bicyclic) bond motifs is 2. The van der Waals surface area contributed by atoms with Crippen LogP contribution in [0.3, 0.4) is 0 Å². The molecule has 2 aliphatic rings. The van der Waals surface area contributed by atoms with Gasteiger partial charge in [0, 0.05) is 11.3 Å². The number of hydrogen-bond donors (Lipinski definition) is 1. The Labute approximate surface area is 140 Å². The first-order valence-electron chi connectivity index (χ1n) is 7.88. The lowest BCUT2D eigenvalue weighted by Crippen LogP contribution is -2.44. The van der Waals surface area contributed by atoms with Crippen molar-refractivity contribution in [3.05, 3.63) is 78.0 Å². The van der Waals surface area contributed by atoms with E-state index in [1.807, 2.05) is 60.7 Å². The molecule has 1 N–H and O–H groups in total. The first-order chi connectivity index (χ1) is 11.6. The minimum absolute atomic E-state index is 0.0702. The molecular formula is C20H17NO3. The summed E-state index contributed by atoms with van der Waals surface area (Å²) in [6.07, 6.45) is 4.53. The summed E-state index contributed by atoms with van der Waals surface area (Å²) in [7, 11) is 0. The van der Waals surface area contributed by atoms with Gasteiger partial charge in [-0.15, -0.1) is 0 Å². The van der Waals surface area contributed by atoms with Crippen LogP contribution in [0.5, 0.6) is 5.75 Å². The van der Waals surface area contributed by atoms with Crippen LogP contribution >= 0.6 is 0 Å². The number of carboxylic acids is 1. The largest absolute Gasteiger partial charge is 0.484 e. The summed E-state index contributed by atoms with van der Waals surface area (Å²) in [6, 6.07) is 15.6. The maximum atomic E-state index is 11.5. The molecular weight excluding hydrogens is 302 g/mol. The summed E-state index contributed by atoms with van der Waals surface area (Å²) >= 11 is 0. The normalized spacial score (nSPS) is 20.9. The monoisotopic (exact) mass is 319 g/mol. The van der Waals surface area contributed by atoms with Crippen LogP contribution in [-0.2, 0) is 11.2 Å². The summed E-state index contributed by atoms with van der Waals surface area (Å²) in [6.45, 7) is 3.77. The average Bonchev–Trinajstić information content (AvgIpc) is 3.00. The third kappa shape index (κ3) is 2.27. The van der Waals surface area contributed by atoms with Crippen molar-refractivity contribution in [3.63, 3.8) is 0 Å². The molecule has 0 amide bonds. The van der Waals surface area contributed by atoms with Gasteiger partial charge in [-0.3, -0.25) is 0 Å². The number of carbonyl (C=O) groups is 1. The molecule has 4 rings (SSSR count). The predicted molar refractivity (Wildman–Crippen MR) is 93.1 cm³/mol. The Balaban J connectivity index is 1.71. The highest BCUT2D eigenvalue weighted by Crippen LogP contribution is 2.38. The van der Waals surface area contributed by atoms with Gasteiger partial charge in [-0.05, 0) is 30.2 Å². The maximum absolute atomic E-state index is 11.5. The zero-order chi connectivity index (χ0) is 16.7. The summed E-state index contributed by atoms with van der Waals surface area (Å²) in [4.78, 5) is 13.3. The van der Waals surface area contributed by atoms with Crippen molar-refractivity contribution in [2.45, 2.75) is 18.6 Å². The number of para-hydroxylation sites is 2. The molecule has 0 fully saturated rings. The lowest BCUT2D eigenvalue weighted by atomic mass is 10.0. The van der Waals surface area contributed by atoms with Crippen molar-refractivity contribution in [2.24, 2.45) is 0 Å². The van der Waals surface area contributed by atoms with Crippen LogP contribution in [0, 0.1) is 0 Å². The summed E-state index contributed by atoms with van der Waals surface area (Å²) in [5, 5.41) is 9.44. The van der Waals surface area contributed by atoms with Crippen LogP contribution in [0.1, 0.15) is 11.1 Å². The topological polar surface area (TPSA) is 49.8 Å². The minimum atomic E-state index is -1.02. The zero-order valence-corrected chi connectivity index (χ0v) is 13.1. The second-order valence-corrected chi connectivity index (χ2v) is 6.00. The molecule has 2 atom stereocenters. The van der Waals surface area contributed by atoms with Gasteiger partial charge in [0.25, 0.3) is 0 Å². The molecule has 0 radical (unpaired) electrons. The summed E-state index contributed by atoms with van der Waals surface area (Å²) in [5.41, 5.74) is 3.11. The molecule has 0 saturated heterocycles. The van der Waals surface area contributed by atoms with E-state index in [0.29, 0.717) is 0 Å². The average molecular weight is 319 g/mol. The van der Waals surface area contributed by atoms with Gasteiger partial charge in [0.05, 0.1) is 6.04 Å². The fourth-order valence-corrected chi connectivity index (χ4v) is 3.44. The van der Waals surface area contributed by atoms with E-state index in [2.05, 4.69) is 6.58 Å². The van der Waals surface area contributed by atoms with Crippen molar-refractivity contribution in [1.29, 1.82) is 0 Å². The minimum Gasteiger partial charge on any atom is -0.484 e. The van der Waals surface area contributed by atoms with Crippen molar-refractivity contribution in [3.8, 4) is 5.75 Å². The predicted octanol–water partition coefficient (Wildman–Crippen LogP) is 3.49. The van der Waals surface area contributed by atoms with E-state index in [0.717, 1.165) is 29.0 Å². The summed E-state index contributed by atoms with van der Waals surface area (Å²) in [5.74, 6) is -0.196. The van der Waals surface area contributed by atoms with Gasteiger partial charge in [0.1, 0.15) is 17.6 Å². The van der Waals surface area contributed by atoms with E-state index in [1.165, 1.54) is 0 Å². The standard InChI is InChI=1S/C20H17NO3/c1-13(20(22)23)21-16-8-4-2-7-15(16)12-17(21)19-11-10-14-6-3-5-9-18(14)24-19/h2-11,17,19H,1,12H2,(H,22,23). The highest BCUT2D eigenvalue weighted by molar-refractivity contribution is 5.92. The van der Waals surface area contributed by atoms with E-state index in [1.54, 1.807) is 4.90 Å². The van der Waals surface area contributed by atoms with E-state index in [9.17, 15) is 9.90 Å². The molecule has 0 saturated carbocycles. The van der Waals surface area contributed by atoms with Gasteiger partial charge in [0.2, 0.25) is 0 Å². The lowest BCUT2D eigenvalue weighted by Gasteiger charge is -2.33. The maximum Gasteiger partial charge on any atom is 0.351 e. The molecule has 0 spiro atoms. The Morgan fingerprint density at radius 2 is 1.92 bits per heavy atom. The van der Waals surface area contributed by atoms with Gasteiger partial charge in [-0.1, -0.05) is 49.1 Å². The number of ether oxygens (including phenoxy) is 1. The van der Waals surface area contributed by atoms with Crippen LogP contribution in [0.15, 0.2) is 66.9 Å².